The quantitative estimate of drug-likeness (QED) is 0.0443. The van der Waals surface area contributed by atoms with Crippen molar-refractivity contribution in [2.24, 2.45) is 0 Å². The largest absolute Gasteiger partial charge is 0.547 e. The van der Waals surface area contributed by atoms with Crippen LogP contribution in [0.2, 0.25) is 6.04 Å². The zero-order valence-electron chi connectivity index (χ0n) is 30.9. The Labute approximate surface area is 290 Å². The van der Waals surface area contributed by atoms with Crippen molar-refractivity contribution in [1.82, 2.24) is 0 Å². The Morgan fingerprint density at radius 1 is 0.638 bits per heavy atom. The average molecular weight is 686 g/mol. The van der Waals surface area contributed by atoms with E-state index in [4.69, 9.17) is 13.3 Å². The number of carboxylic acids is 1. The summed E-state index contributed by atoms with van der Waals surface area (Å²) in [5, 5.41) is 32.3. The number of fused-ring (bicyclic) bond motifs is 2. The predicted octanol–water partition coefficient (Wildman–Crippen LogP) is 7.45. The van der Waals surface area contributed by atoms with Crippen LogP contribution < -0.4 is 5.11 Å². The number of rotatable bonds is 31. The van der Waals surface area contributed by atoms with Crippen LogP contribution in [0, 0.1) is 0 Å². The second-order valence-corrected chi connectivity index (χ2v) is 17.8. The molecule has 0 spiro atoms. The molecule has 2 aliphatic rings. The standard InChI is InChI=1S/C38H75NO7Si/c1-4-6-8-10-12-14-15-16-17-18-19-20-21-23-25-27-30-39(3,29-26-24-22-13-11-9-7-5-2)31-28-32-47-44-33-34(40)36(45-47)35(41)37(46-47)38(42)43/h34-37,40-41H,4-33H2,1-3H3/t34-,35+,36+,37-,39?,47?/m1/s1. The molecule has 2 aliphatic heterocycles. The molecule has 9 heteroatoms. The molecule has 0 aromatic carbocycles. The summed E-state index contributed by atoms with van der Waals surface area (Å²) in [6, 6.07) is 0.483. The zero-order chi connectivity index (χ0) is 34.2. The average Bonchev–Trinajstić information content (AvgIpc) is 3.05. The molecule has 0 aliphatic carbocycles. The molecule has 0 amide bonds. The van der Waals surface area contributed by atoms with Crippen LogP contribution >= 0.6 is 0 Å². The molecule has 2 saturated heterocycles. The van der Waals surface area contributed by atoms with Crippen LogP contribution in [-0.4, -0.2) is 87.2 Å². The molecular formula is C38H75NO7Si. The smallest absolute Gasteiger partial charge is 0.502 e. The van der Waals surface area contributed by atoms with E-state index in [-0.39, 0.29) is 6.61 Å². The van der Waals surface area contributed by atoms with E-state index in [0.717, 1.165) is 30.5 Å². The fraction of sp³-hybridized carbons (Fsp3) is 0.974. The van der Waals surface area contributed by atoms with Gasteiger partial charge in [0.25, 0.3) is 0 Å². The van der Waals surface area contributed by atoms with Gasteiger partial charge in [-0.05, 0) is 25.7 Å². The molecule has 0 radical (unpaired) electrons. The third-order valence-electron chi connectivity index (χ3n) is 10.6. The Hall–Kier alpha value is -0.553. The monoisotopic (exact) mass is 686 g/mol. The SMILES string of the molecule is CCCCCCCCCCCCCCCCCC[N+](C)(CCCCCCCCCC)CCC[Si]12OC[C@@H](O)[C@H](O1)[C@H](O)[C@H](C(=O)[O-])O2. The van der Waals surface area contributed by atoms with Crippen molar-refractivity contribution in [3.63, 3.8) is 0 Å². The highest BCUT2D eigenvalue weighted by atomic mass is 28.4. The highest BCUT2D eigenvalue weighted by molar-refractivity contribution is 6.61. The van der Waals surface area contributed by atoms with Gasteiger partial charge in [0, 0.05) is 12.5 Å². The summed E-state index contributed by atoms with van der Waals surface area (Å²) in [6.45, 7) is 7.79. The number of aliphatic hydroxyl groups is 2. The van der Waals surface area contributed by atoms with Gasteiger partial charge in [-0.3, -0.25) is 0 Å². The lowest BCUT2D eigenvalue weighted by atomic mass is 10.0. The number of aliphatic carboxylic acids is 1. The number of carboxylic acid groups (broad SMARTS) is 1. The van der Waals surface area contributed by atoms with E-state index in [1.807, 2.05) is 0 Å². The molecule has 2 heterocycles. The van der Waals surface area contributed by atoms with Crippen LogP contribution in [0.3, 0.4) is 0 Å². The first-order chi connectivity index (χ1) is 22.8. The highest BCUT2D eigenvalue weighted by Crippen LogP contribution is 2.35. The van der Waals surface area contributed by atoms with Crippen LogP contribution in [0.4, 0.5) is 0 Å². The number of hydrogen-bond donors (Lipinski definition) is 2. The van der Waals surface area contributed by atoms with Gasteiger partial charge in [0.15, 0.2) is 0 Å². The molecule has 2 N–H and O–H groups in total. The Morgan fingerprint density at radius 2 is 1.02 bits per heavy atom. The van der Waals surface area contributed by atoms with Crippen molar-refractivity contribution in [2.75, 3.05) is 33.3 Å². The molecular weight excluding hydrogens is 611 g/mol. The number of nitrogens with zero attached hydrogens (tertiary/aromatic N) is 1. The minimum Gasteiger partial charge on any atom is -0.547 e. The van der Waals surface area contributed by atoms with Crippen molar-refractivity contribution >= 4 is 14.8 Å². The summed E-state index contributed by atoms with van der Waals surface area (Å²) < 4.78 is 18.6. The van der Waals surface area contributed by atoms with Gasteiger partial charge in [0.05, 0.1) is 39.3 Å². The molecule has 278 valence electrons. The van der Waals surface area contributed by atoms with Crippen molar-refractivity contribution in [3.8, 4) is 0 Å². The molecule has 8 nitrogen and oxygen atoms in total. The van der Waals surface area contributed by atoms with Gasteiger partial charge in [-0.2, -0.15) is 0 Å². The van der Waals surface area contributed by atoms with Gasteiger partial charge in [0.2, 0.25) is 0 Å². The number of hydrogen-bond acceptors (Lipinski definition) is 7. The topological polar surface area (TPSA) is 108 Å². The number of unbranched alkanes of at least 4 members (excludes halogenated alkanes) is 22. The van der Waals surface area contributed by atoms with Gasteiger partial charge in [-0.15, -0.1) is 0 Å². The minimum absolute atomic E-state index is 0.00269. The first-order valence-electron chi connectivity index (χ1n) is 20.2. The molecule has 2 unspecified atom stereocenters. The minimum atomic E-state index is -3.33. The van der Waals surface area contributed by atoms with Gasteiger partial charge in [-0.25, -0.2) is 0 Å². The van der Waals surface area contributed by atoms with E-state index >= 15 is 0 Å². The molecule has 0 saturated carbocycles. The zero-order valence-corrected chi connectivity index (χ0v) is 31.9. The maximum Gasteiger partial charge on any atom is 0.502 e. The second-order valence-electron chi connectivity index (χ2n) is 15.2. The summed E-state index contributed by atoms with van der Waals surface area (Å²) in [4.78, 5) is 11.7. The Morgan fingerprint density at radius 3 is 1.43 bits per heavy atom. The normalized spacial score (nSPS) is 25.6. The van der Waals surface area contributed by atoms with Crippen molar-refractivity contribution in [1.29, 1.82) is 0 Å². The lowest BCUT2D eigenvalue weighted by molar-refractivity contribution is -0.910. The van der Waals surface area contributed by atoms with Crippen LogP contribution in [0.15, 0.2) is 0 Å². The van der Waals surface area contributed by atoms with E-state index in [2.05, 4.69) is 20.9 Å². The lowest BCUT2D eigenvalue weighted by Gasteiger charge is -2.49. The van der Waals surface area contributed by atoms with Crippen molar-refractivity contribution in [3.05, 3.63) is 0 Å². The van der Waals surface area contributed by atoms with Crippen LogP contribution in [0.25, 0.3) is 0 Å². The molecule has 2 bridgehead atoms. The third-order valence-corrected chi connectivity index (χ3v) is 13.5. The molecule has 47 heavy (non-hydrogen) atoms. The molecule has 0 aromatic heterocycles. The summed E-state index contributed by atoms with van der Waals surface area (Å²) in [5.74, 6) is -1.49. The molecule has 2 rings (SSSR count). The number of carbonyl (C=O) groups excluding carboxylic acids is 1. The fourth-order valence-corrected chi connectivity index (χ4v) is 10.4. The second kappa shape index (κ2) is 25.4. The maximum absolute atomic E-state index is 11.7. The summed E-state index contributed by atoms with van der Waals surface area (Å²) in [6.07, 6.45) is 28.2. The Balaban J connectivity index is 1.70. The van der Waals surface area contributed by atoms with Gasteiger partial charge in [-0.1, -0.05) is 142 Å². The summed E-state index contributed by atoms with van der Waals surface area (Å²) in [5.41, 5.74) is 0. The van der Waals surface area contributed by atoms with E-state index in [1.165, 1.54) is 154 Å². The van der Waals surface area contributed by atoms with Gasteiger partial charge >= 0.3 is 8.80 Å². The number of carbonyl (C=O) groups is 1. The molecule has 2 fully saturated rings. The van der Waals surface area contributed by atoms with Crippen molar-refractivity contribution < 1.29 is 37.9 Å². The summed E-state index contributed by atoms with van der Waals surface area (Å²) >= 11 is 0. The third kappa shape index (κ3) is 17.8. The van der Waals surface area contributed by atoms with E-state index in [9.17, 15) is 20.1 Å². The Bertz CT molecular complexity index is 791. The van der Waals surface area contributed by atoms with Gasteiger partial charge < -0.3 is 37.9 Å². The summed E-state index contributed by atoms with van der Waals surface area (Å²) in [7, 11) is -0.958. The maximum atomic E-state index is 11.7. The first kappa shape index (κ1) is 42.6. The number of aliphatic hydroxyl groups excluding tert-OH is 2. The van der Waals surface area contributed by atoms with Crippen LogP contribution in [-0.2, 0) is 18.1 Å². The fourth-order valence-electron chi connectivity index (χ4n) is 7.48. The first-order valence-corrected chi connectivity index (χ1v) is 22.1. The van der Waals surface area contributed by atoms with E-state index in [0.29, 0.717) is 6.04 Å². The predicted molar refractivity (Wildman–Crippen MR) is 191 cm³/mol. The number of quaternary nitrogens is 1. The van der Waals surface area contributed by atoms with Crippen LogP contribution in [0.5, 0.6) is 0 Å². The van der Waals surface area contributed by atoms with E-state index < -0.39 is 39.2 Å². The Kier molecular flexibility index (Phi) is 23.0. The van der Waals surface area contributed by atoms with Gasteiger partial charge in [0.1, 0.15) is 24.4 Å². The van der Waals surface area contributed by atoms with E-state index in [1.54, 1.807) is 0 Å². The molecule has 6 atom stereocenters. The van der Waals surface area contributed by atoms with Crippen LogP contribution in [0.1, 0.15) is 174 Å². The highest BCUT2D eigenvalue weighted by Gasteiger charge is 2.58. The molecule has 0 aromatic rings. The van der Waals surface area contributed by atoms with Crippen molar-refractivity contribution in [2.45, 2.75) is 205 Å². The lowest BCUT2D eigenvalue weighted by Crippen LogP contribution is -2.71.